The third-order valence-electron chi connectivity index (χ3n) is 3.06. The van der Waals surface area contributed by atoms with Crippen molar-refractivity contribution in [3.63, 3.8) is 0 Å². The van der Waals surface area contributed by atoms with E-state index in [0.29, 0.717) is 5.45 Å². The number of hydrogen-bond acceptors (Lipinski definition) is 1. The molecule has 0 spiro atoms. The molecular formula is C19H20NP. The summed E-state index contributed by atoms with van der Waals surface area (Å²) in [6.07, 6.45) is 6.02. The zero-order valence-corrected chi connectivity index (χ0v) is 13.3. The molecule has 0 radical (unpaired) electrons. The van der Waals surface area contributed by atoms with E-state index in [1.54, 1.807) is 0 Å². The van der Waals surface area contributed by atoms with E-state index >= 15 is 0 Å². The van der Waals surface area contributed by atoms with Gasteiger partial charge >= 0.3 is 0 Å². The predicted octanol–water partition coefficient (Wildman–Crippen LogP) is 4.62. The minimum atomic E-state index is -0.782. The van der Waals surface area contributed by atoms with Crippen molar-refractivity contribution >= 4 is 24.0 Å². The van der Waals surface area contributed by atoms with Gasteiger partial charge in [-0.15, -0.1) is 0 Å². The second-order valence-corrected chi connectivity index (χ2v) is 6.97. The molecule has 0 saturated carbocycles. The summed E-state index contributed by atoms with van der Waals surface area (Å²) in [4.78, 5) is 0. The Balaban J connectivity index is 2.43. The summed E-state index contributed by atoms with van der Waals surface area (Å²) < 4.78 is 0. The largest absolute Gasteiger partial charge is 0.300 e. The summed E-state index contributed by atoms with van der Waals surface area (Å²) in [7, 11) is -0.782. The SMILES string of the molecule is C/C=C\C(C)=C/C(=N)P(c1ccccc1)c1ccccc1. The highest BCUT2D eigenvalue weighted by molar-refractivity contribution is 7.88. The molecule has 2 aromatic rings. The van der Waals surface area contributed by atoms with Crippen LogP contribution in [0.1, 0.15) is 13.8 Å². The predicted molar refractivity (Wildman–Crippen MR) is 95.4 cm³/mol. The van der Waals surface area contributed by atoms with Crippen LogP contribution in [0.3, 0.4) is 0 Å². The number of allylic oxidation sites excluding steroid dienone is 4. The Kier molecular flexibility index (Phi) is 5.66. The molecular weight excluding hydrogens is 273 g/mol. The van der Waals surface area contributed by atoms with Gasteiger partial charge in [0.25, 0.3) is 0 Å². The molecule has 2 rings (SSSR count). The van der Waals surface area contributed by atoms with Crippen LogP contribution in [-0.2, 0) is 0 Å². The molecule has 1 N–H and O–H groups in total. The molecule has 0 heterocycles. The quantitative estimate of drug-likeness (QED) is 0.472. The lowest BCUT2D eigenvalue weighted by atomic mass is 10.3. The van der Waals surface area contributed by atoms with Gasteiger partial charge in [-0.1, -0.05) is 72.8 Å². The van der Waals surface area contributed by atoms with E-state index in [9.17, 15) is 0 Å². The second kappa shape index (κ2) is 7.71. The van der Waals surface area contributed by atoms with E-state index in [4.69, 9.17) is 5.41 Å². The Labute approximate surface area is 128 Å². The van der Waals surface area contributed by atoms with Crippen molar-refractivity contribution in [2.24, 2.45) is 0 Å². The topological polar surface area (TPSA) is 23.9 Å². The molecule has 0 fully saturated rings. The van der Waals surface area contributed by atoms with Gasteiger partial charge in [0.2, 0.25) is 0 Å². The average Bonchev–Trinajstić information content (AvgIpc) is 2.50. The maximum atomic E-state index is 8.55. The average molecular weight is 293 g/mol. The summed E-state index contributed by atoms with van der Waals surface area (Å²) >= 11 is 0. The molecule has 0 aliphatic rings. The fraction of sp³-hybridized carbons (Fsp3) is 0.105. The summed E-state index contributed by atoms with van der Waals surface area (Å²) in [5.41, 5.74) is 1.79. The number of nitrogens with one attached hydrogen (secondary N) is 1. The Morgan fingerprint density at radius 3 is 1.81 bits per heavy atom. The van der Waals surface area contributed by atoms with Crippen molar-refractivity contribution in [1.82, 2.24) is 0 Å². The first-order valence-corrected chi connectivity index (χ1v) is 8.36. The number of benzene rings is 2. The first kappa shape index (κ1) is 15.4. The fourth-order valence-electron chi connectivity index (χ4n) is 2.17. The Morgan fingerprint density at radius 1 is 0.905 bits per heavy atom. The molecule has 0 aromatic heterocycles. The van der Waals surface area contributed by atoms with E-state index in [-0.39, 0.29) is 0 Å². The third kappa shape index (κ3) is 4.24. The third-order valence-corrected chi connectivity index (χ3v) is 5.30. The molecule has 106 valence electrons. The van der Waals surface area contributed by atoms with E-state index in [1.165, 1.54) is 10.6 Å². The highest BCUT2D eigenvalue weighted by Gasteiger charge is 2.17. The van der Waals surface area contributed by atoms with E-state index in [0.717, 1.165) is 5.57 Å². The van der Waals surface area contributed by atoms with Crippen molar-refractivity contribution in [3.05, 3.63) is 84.5 Å². The van der Waals surface area contributed by atoms with E-state index in [2.05, 4.69) is 24.3 Å². The Hall–Kier alpha value is -1.98. The normalized spacial score (nSPS) is 12.0. The highest BCUT2D eigenvalue weighted by atomic mass is 31.1. The summed E-state index contributed by atoms with van der Waals surface area (Å²) in [5.74, 6) is 0. The molecule has 0 atom stereocenters. The number of rotatable bonds is 5. The molecule has 2 heteroatoms. The lowest BCUT2D eigenvalue weighted by Crippen LogP contribution is -2.16. The lowest BCUT2D eigenvalue weighted by Gasteiger charge is -2.18. The number of hydrogen-bond donors (Lipinski definition) is 1. The van der Waals surface area contributed by atoms with Crippen LogP contribution in [0, 0.1) is 5.41 Å². The van der Waals surface area contributed by atoms with Gasteiger partial charge < -0.3 is 0 Å². The summed E-state index contributed by atoms with van der Waals surface area (Å²) in [5, 5.41) is 11.0. The van der Waals surface area contributed by atoms with Crippen molar-refractivity contribution in [2.45, 2.75) is 13.8 Å². The van der Waals surface area contributed by atoms with Crippen LogP contribution < -0.4 is 10.6 Å². The molecule has 21 heavy (non-hydrogen) atoms. The van der Waals surface area contributed by atoms with Gasteiger partial charge in [-0.3, -0.25) is 5.41 Å². The van der Waals surface area contributed by atoms with Crippen LogP contribution in [0.15, 0.2) is 84.5 Å². The zero-order chi connectivity index (χ0) is 15.1. The molecule has 0 unspecified atom stereocenters. The minimum Gasteiger partial charge on any atom is -0.300 e. The van der Waals surface area contributed by atoms with Gasteiger partial charge in [-0.05, 0) is 36.1 Å². The standard InChI is InChI=1S/C19H20NP/c1-3-10-16(2)15-19(20)21(17-11-6-4-7-12-17)18-13-8-5-9-14-18/h3-15,20H,1-2H3/b10-3-,16-15-,20-19?. The smallest absolute Gasteiger partial charge is 0.0634 e. The molecule has 0 aliphatic heterocycles. The van der Waals surface area contributed by atoms with Gasteiger partial charge in [-0.2, -0.15) is 0 Å². The van der Waals surface area contributed by atoms with Gasteiger partial charge in [0, 0.05) is 7.92 Å². The van der Waals surface area contributed by atoms with E-state index in [1.807, 2.05) is 68.5 Å². The minimum absolute atomic E-state index is 0.679. The zero-order valence-electron chi connectivity index (χ0n) is 12.5. The lowest BCUT2D eigenvalue weighted by molar-refractivity contribution is 1.49. The van der Waals surface area contributed by atoms with Crippen LogP contribution in [-0.4, -0.2) is 5.45 Å². The van der Waals surface area contributed by atoms with Gasteiger partial charge in [0.1, 0.15) is 0 Å². The van der Waals surface area contributed by atoms with Crippen molar-refractivity contribution in [2.75, 3.05) is 0 Å². The fourth-order valence-corrected chi connectivity index (χ4v) is 4.30. The van der Waals surface area contributed by atoms with Crippen molar-refractivity contribution < 1.29 is 0 Å². The van der Waals surface area contributed by atoms with Gasteiger partial charge in [-0.25, -0.2) is 0 Å². The Bertz CT molecular complexity index is 602. The maximum Gasteiger partial charge on any atom is 0.0634 e. The molecule has 1 nitrogen and oxygen atoms in total. The summed E-state index contributed by atoms with van der Waals surface area (Å²) in [6, 6.07) is 20.7. The first-order valence-electron chi connectivity index (χ1n) is 7.02. The highest BCUT2D eigenvalue weighted by Crippen LogP contribution is 2.35. The second-order valence-electron chi connectivity index (χ2n) is 4.78. The molecule has 0 bridgehead atoms. The van der Waals surface area contributed by atoms with E-state index < -0.39 is 7.92 Å². The first-order chi connectivity index (χ1) is 10.2. The Morgan fingerprint density at radius 2 is 1.38 bits per heavy atom. The van der Waals surface area contributed by atoms with Crippen molar-refractivity contribution in [3.8, 4) is 0 Å². The van der Waals surface area contributed by atoms with Crippen LogP contribution in [0.25, 0.3) is 0 Å². The van der Waals surface area contributed by atoms with Gasteiger partial charge in [0.05, 0.1) is 5.45 Å². The van der Waals surface area contributed by atoms with Crippen molar-refractivity contribution in [1.29, 1.82) is 5.41 Å². The van der Waals surface area contributed by atoms with Crippen LogP contribution >= 0.6 is 7.92 Å². The monoisotopic (exact) mass is 293 g/mol. The summed E-state index contributed by atoms with van der Waals surface area (Å²) in [6.45, 7) is 4.04. The van der Waals surface area contributed by atoms with Gasteiger partial charge in [0.15, 0.2) is 0 Å². The molecule has 0 amide bonds. The van der Waals surface area contributed by atoms with Crippen LogP contribution in [0.4, 0.5) is 0 Å². The maximum absolute atomic E-state index is 8.55. The molecule has 2 aromatic carbocycles. The molecule has 0 saturated heterocycles. The van der Waals surface area contributed by atoms with Crippen LogP contribution in [0.5, 0.6) is 0 Å². The molecule has 0 aliphatic carbocycles. The van der Waals surface area contributed by atoms with Crippen LogP contribution in [0.2, 0.25) is 0 Å².